The van der Waals surface area contributed by atoms with Crippen molar-refractivity contribution in [2.24, 2.45) is 5.73 Å². The molecule has 17 heavy (non-hydrogen) atoms. The maximum Gasteiger partial charge on any atom is 0.230 e. The Hall–Kier alpha value is -1.75. The van der Waals surface area contributed by atoms with Gasteiger partial charge in [-0.2, -0.15) is 4.98 Å². The molecule has 3 rings (SSSR count). The zero-order chi connectivity index (χ0) is 11.7. The third-order valence-corrected chi connectivity index (χ3v) is 3.16. The Bertz CT molecular complexity index is 496. The van der Waals surface area contributed by atoms with Gasteiger partial charge in [-0.25, -0.2) is 0 Å². The van der Waals surface area contributed by atoms with E-state index in [2.05, 4.69) is 15.1 Å². The number of nitrogens with two attached hydrogens (primary N) is 1. The fourth-order valence-corrected chi connectivity index (χ4v) is 2.24. The van der Waals surface area contributed by atoms with Crippen LogP contribution in [0.15, 0.2) is 28.9 Å². The van der Waals surface area contributed by atoms with Gasteiger partial charge in [-0.05, 0) is 31.4 Å². The molecule has 0 aromatic carbocycles. The molecule has 5 heteroatoms. The van der Waals surface area contributed by atoms with Crippen LogP contribution < -0.4 is 5.73 Å². The van der Waals surface area contributed by atoms with Crippen LogP contribution in [0, 0.1) is 0 Å². The Morgan fingerprint density at radius 3 is 2.94 bits per heavy atom. The van der Waals surface area contributed by atoms with E-state index in [1.165, 1.54) is 0 Å². The monoisotopic (exact) mass is 230 g/mol. The molecule has 88 valence electrons. The number of pyridine rings is 1. The quantitative estimate of drug-likeness (QED) is 0.850. The summed E-state index contributed by atoms with van der Waals surface area (Å²) < 4.78 is 5.29. The molecule has 0 bridgehead atoms. The van der Waals surface area contributed by atoms with Crippen LogP contribution in [0.1, 0.15) is 31.1 Å². The van der Waals surface area contributed by atoms with Gasteiger partial charge >= 0.3 is 0 Å². The average Bonchev–Trinajstić information content (AvgIpc) is 2.98. The van der Waals surface area contributed by atoms with Crippen molar-refractivity contribution in [2.45, 2.75) is 31.2 Å². The molecular weight excluding hydrogens is 216 g/mol. The van der Waals surface area contributed by atoms with Crippen LogP contribution in [0.4, 0.5) is 0 Å². The van der Waals surface area contributed by atoms with Gasteiger partial charge in [-0.1, -0.05) is 11.2 Å². The lowest BCUT2D eigenvalue weighted by molar-refractivity contribution is 0.353. The molecule has 0 amide bonds. The van der Waals surface area contributed by atoms with Crippen molar-refractivity contribution in [3.63, 3.8) is 0 Å². The summed E-state index contributed by atoms with van der Waals surface area (Å²) in [7, 11) is 0. The minimum atomic E-state index is 0.269. The van der Waals surface area contributed by atoms with E-state index in [4.69, 9.17) is 10.3 Å². The van der Waals surface area contributed by atoms with Crippen LogP contribution in [0.25, 0.3) is 11.5 Å². The highest BCUT2D eigenvalue weighted by Gasteiger charge is 2.28. The second-order valence-corrected chi connectivity index (χ2v) is 4.44. The predicted molar refractivity (Wildman–Crippen MR) is 62.1 cm³/mol. The zero-order valence-corrected chi connectivity index (χ0v) is 9.41. The Morgan fingerprint density at radius 1 is 1.29 bits per heavy atom. The smallest absolute Gasteiger partial charge is 0.230 e. The number of nitrogens with zero attached hydrogens (tertiary/aromatic N) is 3. The van der Waals surface area contributed by atoms with Gasteiger partial charge in [0.25, 0.3) is 0 Å². The van der Waals surface area contributed by atoms with Crippen LogP contribution in [-0.4, -0.2) is 21.2 Å². The van der Waals surface area contributed by atoms with Gasteiger partial charge in [0.05, 0.1) is 0 Å². The summed E-state index contributed by atoms with van der Waals surface area (Å²) in [6.45, 7) is 0. The summed E-state index contributed by atoms with van der Waals surface area (Å²) in [6.07, 6.45) is 4.72. The first-order chi connectivity index (χ1) is 8.33. The largest absolute Gasteiger partial charge is 0.339 e. The van der Waals surface area contributed by atoms with Crippen LogP contribution in [0.3, 0.4) is 0 Å². The fourth-order valence-electron chi connectivity index (χ4n) is 2.24. The van der Waals surface area contributed by atoms with Crippen molar-refractivity contribution in [1.29, 1.82) is 0 Å². The van der Waals surface area contributed by atoms with Crippen LogP contribution in [0.5, 0.6) is 0 Å². The molecule has 5 nitrogen and oxygen atoms in total. The van der Waals surface area contributed by atoms with Crippen LogP contribution in [0.2, 0.25) is 0 Å². The van der Waals surface area contributed by atoms with E-state index in [1.54, 1.807) is 6.20 Å². The van der Waals surface area contributed by atoms with Gasteiger partial charge in [-0.3, -0.25) is 4.98 Å². The lowest BCUT2D eigenvalue weighted by atomic mass is 10.1. The molecule has 2 heterocycles. The van der Waals surface area contributed by atoms with E-state index >= 15 is 0 Å². The molecule has 1 aliphatic carbocycles. The first kappa shape index (κ1) is 10.4. The Balaban J connectivity index is 1.84. The summed E-state index contributed by atoms with van der Waals surface area (Å²) in [5.41, 5.74) is 6.62. The molecule has 1 saturated carbocycles. The third-order valence-electron chi connectivity index (χ3n) is 3.16. The van der Waals surface area contributed by atoms with Crippen molar-refractivity contribution < 1.29 is 4.52 Å². The SMILES string of the molecule is NC1CCC(c2nc(-c3ccccn3)no2)C1. The van der Waals surface area contributed by atoms with E-state index < -0.39 is 0 Å². The topological polar surface area (TPSA) is 77.8 Å². The predicted octanol–water partition coefficient (Wildman–Crippen LogP) is 1.73. The molecule has 2 N–H and O–H groups in total. The summed E-state index contributed by atoms with van der Waals surface area (Å²) in [5.74, 6) is 1.56. The average molecular weight is 230 g/mol. The molecule has 2 unspecified atom stereocenters. The van der Waals surface area contributed by atoms with E-state index in [1.807, 2.05) is 18.2 Å². The minimum absolute atomic E-state index is 0.269. The molecule has 0 aliphatic heterocycles. The standard InChI is InChI=1S/C12H14N4O/c13-9-5-4-8(7-9)12-15-11(16-17-12)10-3-1-2-6-14-10/h1-3,6,8-9H,4-5,7,13H2. The number of aromatic nitrogens is 3. The van der Waals surface area contributed by atoms with Crippen LogP contribution in [-0.2, 0) is 0 Å². The van der Waals surface area contributed by atoms with E-state index in [9.17, 15) is 0 Å². The molecule has 2 aromatic rings. The van der Waals surface area contributed by atoms with Gasteiger partial charge in [0.2, 0.25) is 11.7 Å². The van der Waals surface area contributed by atoms with Crippen molar-refractivity contribution >= 4 is 0 Å². The second kappa shape index (κ2) is 4.25. The molecule has 0 spiro atoms. The highest BCUT2D eigenvalue weighted by atomic mass is 16.5. The van der Waals surface area contributed by atoms with E-state index in [0.717, 1.165) is 25.0 Å². The maximum absolute atomic E-state index is 5.88. The van der Waals surface area contributed by atoms with Gasteiger partial charge in [-0.15, -0.1) is 0 Å². The highest BCUT2D eigenvalue weighted by molar-refractivity contribution is 5.47. The van der Waals surface area contributed by atoms with Crippen molar-refractivity contribution in [3.8, 4) is 11.5 Å². The summed E-state index contributed by atoms with van der Waals surface area (Å²) >= 11 is 0. The Kier molecular flexibility index (Phi) is 2.60. The number of hydrogen-bond donors (Lipinski definition) is 1. The summed E-state index contributed by atoms with van der Waals surface area (Å²) in [5, 5.41) is 3.97. The van der Waals surface area contributed by atoms with Crippen molar-refractivity contribution in [3.05, 3.63) is 30.3 Å². The summed E-state index contributed by atoms with van der Waals surface area (Å²) in [4.78, 5) is 8.60. The van der Waals surface area contributed by atoms with Gasteiger partial charge < -0.3 is 10.3 Å². The first-order valence-electron chi connectivity index (χ1n) is 5.83. The van der Waals surface area contributed by atoms with Gasteiger partial charge in [0.1, 0.15) is 5.69 Å². The Morgan fingerprint density at radius 2 is 2.24 bits per heavy atom. The third kappa shape index (κ3) is 2.06. The van der Waals surface area contributed by atoms with Crippen molar-refractivity contribution in [1.82, 2.24) is 15.1 Å². The molecule has 1 fully saturated rings. The molecule has 2 atom stereocenters. The maximum atomic E-state index is 5.88. The first-order valence-corrected chi connectivity index (χ1v) is 5.83. The number of rotatable bonds is 2. The molecular formula is C12H14N4O. The lowest BCUT2D eigenvalue weighted by Gasteiger charge is -2.01. The minimum Gasteiger partial charge on any atom is -0.339 e. The normalized spacial score (nSPS) is 24.1. The number of hydrogen-bond acceptors (Lipinski definition) is 5. The summed E-state index contributed by atoms with van der Waals surface area (Å²) in [6, 6.07) is 5.91. The fraction of sp³-hybridized carbons (Fsp3) is 0.417. The molecule has 0 saturated heterocycles. The van der Waals surface area contributed by atoms with E-state index in [0.29, 0.717) is 17.6 Å². The highest BCUT2D eigenvalue weighted by Crippen LogP contribution is 2.33. The Labute approximate surface area is 99.1 Å². The van der Waals surface area contributed by atoms with Crippen LogP contribution >= 0.6 is 0 Å². The molecule has 2 aromatic heterocycles. The van der Waals surface area contributed by atoms with Gasteiger partial charge in [0, 0.05) is 18.2 Å². The molecule has 0 radical (unpaired) electrons. The molecule has 1 aliphatic rings. The second-order valence-electron chi connectivity index (χ2n) is 4.44. The lowest BCUT2D eigenvalue weighted by Crippen LogP contribution is -2.14. The zero-order valence-electron chi connectivity index (χ0n) is 9.41. The van der Waals surface area contributed by atoms with E-state index in [-0.39, 0.29) is 6.04 Å². The van der Waals surface area contributed by atoms with Crippen molar-refractivity contribution in [2.75, 3.05) is 0 Å². The van der Waals surface area contributed by atoms with Gasteiger partial charge in [0.15, 0.2) is 0 Å².